The molecule has 0 aliphatic rings. The molecule has 0 fully saturated rings. The first-order chi connectivity index (χ1) is 20.9. The van der Waals surface area contributed by atoms with Crippen LogP contribution >= 0.6 is 0 Å². The Hall–Kier alpha value is -5.29. The monoisotopic (exact) mass is 566 g/mol. The van der Waals surface area contributed by atoms with Crippen molar-refractivity contribution in [3.05, 3.63) is 145 Å². The fourth-order valence-corrected chi connectivity index (χ4v) is 6.55. The number of hydrogen-bond donors (Lipinski definition) is 0. The van der Waals surface area contributed by atoms with Crippen LogP contribution in [0.15, 0.2) is 133 Å². The Morgan fingerprint density at radius 1 is 0.442 bits per heavy atom. The molecule has 43 heavy (non-hydrogen) atoms. The summed E-state index contributed by atoms with van der Waals surface area (Å²) < 4.78 is 46.6. The van der Waals surface area contributed by atoms with E-state index in [0.29, 0.717) is 5.56 Å². The van der Waals surface area contributed by atoms with Gasteiger partial charge in [-0.1, -0.05) is 103 Å². The van der Waals surface area contributed by atoms with Crippen molar-refractivity contribution in [1.29, 1.82) is 0 Å². The molecule has 0 radical (unpaired) electrons. The predicted molar refractivity (Wildman–Crippen MR) is 170 cm³/mol. The van der Waals surface area contributed by atoms with E-state index >= 15 is 0 Å². The van der Waals surface area contributed by atoms with E-state index < -0.39 is 11.7 Å². The minimum Gasteiger partial charge on any atom is -0.248 e. The summed E-state index contributed by atoms with van der Waals surface area (Å²) in [6.07, 6.45) is -4.46. The number of halogens is 3. The zero-order chi connectivity index (χ0) is 29.3. The van der Waals surface area contributed by atoms with Crippen molar-refractivity contribution in [2.24, 2.45) is 0 Å². The Bertz CT molecular complexity index is 2350. The molecule has 2 heterocycles. The van der Waals surface area contributed by atoms with Gasteiger partial charge in [-0.05, 0) is 65.1 Å². The van der Waals surface area contributed by atoms with Gasteiger partial charge in [0.1, 0.15) is 0 Å². The van der Waals surface area contributed by atoms with E-state index in [0.717, 1.165) is 60.8 Å². The van der Waals surface area contributed by atoms with Crippen LogP contribution < -0.4 is 0 Å². The summed E-state index contributed by atoms with van der Waals surface area (Å²) >= 11 is 0. The lowest BCUT2D eigenvalue weighted by Crippen LogP contribution is -2.09. The number of fused-ring (bicyclic) bond motifs is 6. The molecule has 208 valence electrons. The van der Waals surface area contributed by atoms with Crippen LogP contribution in [0.2, 0.25) is 0 Å². The van der Waals surface area contributed by atoms with Crippen LogP contribution in [0.5, 0.6) is 0 Å². The summed E-state index contributed by atoms with van der Waals surface area (Å²) in [5.41, 5.74) is 7.34. The average molecular weight is 567 g/mol. The van der Waals surface area contributed by atoms with Crippen LogP contribution in [0.3, 0.4) is 0 Å². The van der Waals surface area contributed by atoms with Crippen molar-refractivity contribution in [3.63, 3.8) is 0 Å². The van der Waals surface area contributed by atoms with Crippen LogP contribution in [0.25, 0.3) is 65.9 Å². The summed E-state index contributed by atoms with van der Waals surface area (Å²) in [7, 11) is 0. The third-order valence-electron chi connectivity index (χ3n) is 8.50. The smallest absolute Gasteiger partial charge is 0.248 e. The number of rotatable bonds is 3. The van der Waals surface area contributed by atoms with Crippen molar-refractivity contribution in [2.45, 2.75) is 13.1 Å². The molecule has 8 rings (SSSR count). The second-order valence-electron chi connectivity index (χ2n) is 11.0. The normalized spacial score (nSPS) is 12.2. The molecule has 0 spiro atoms. The summed E-state index contributed by atoms with van der Waals surface area (Å²) in [6.45, 7) is 2.11. The first-order valence-corrected chi connectivity index (χ1v) is 14.2. The quantitative estimate of drug-likeness (QED) is 0.201. The molecule has 2 aromatic heterocycles. The summed E-state index contributed by atoms with van der Waals surface area (Å²) in [5, 5.41) is 4.23. The van der Waals surface area contributed by atoms with E-state index in [9.17, 15) is 13.2 Å². The topological polar surface area (TPSA) is 9.86 Å². The van der Waals surface area contributed by atoms with Gasteiger partial charge in [-0.25, -0.2) is 9.35 Å². The fraction of sp³-hybridized carbons (Fsp3) is 0.0526. The minimum absolute atomic E-state index is 0.165. The molecule has 6 aromatic carbocycles. The van der Waals surface area contributed by atoms with Crippen molar-refractivity contribution in [3.8, 4) is 22.3 Å². The molecular formula is C38H25F3N2. The van der Waals surface area contributed by atoms with Crippen LogP contribution in [0.4, 0.5) is 13.2 Å². The van der Waals surface area contributed by atoms with E-state index in [1.165, 1.54) is 11.6 Å². The number of benzene rings is 6. The molecule has 0 bridgehead atoms. The maximum atomic E-state index is 14.1. The second kappa shape index (κ2) is 9.36. The number of aryl methyl sites for hydroxylation is 1. The van der Waals surface area contributed by atoms with Crippen LogP contribution in [0.1, 0.15) is 11.1 Å². The first kappa shape index (κ1) is 25.4. The van der Waals surface area contributed by atoms with Crippen molar-refractivity contribution < 1.29 is 13.2 Å². The van der Waals surface area contributed by atoms with Crippen molar-refractivity contribution in [2.75, 3.05) is 0 Å². The molecule has 8 aromatic rings. The highest BCUT2D eigenvalue weighted by Gasteiger charge is 2.33. The van der Waals surface area contributed by atoms with Crippen LogP contribution in [-0.2, 0) is 6.18 Å². The highest BCUT2D eigenvalue weighted by molar-refractivity contribution is 6.12. The standard InChI is InChI=1S/C38H25F3N2/c1-24-10-2-3-11-27(24)25-18-20-31-29-13-5-8-16-34(29)42(36(31)22-25)43-35-17-9-6-14-30(35)32-21-19-26(23-37(32)43)28-12-4-7-15-33(28)38(39,40)41/h2-23H,1H3. The van der Waals surface area contributed by atoms with Gasteiger partial charge in [-0.2, -0.15) is 13.2 Å². The van der Waals surface area contributed by atoms with E-state index in [4.69, 9.17) is 0 Å². The van der Waals surface area contributed by atoms with Crippen molar-refractivity contribution >= 4 is 43.6 Å². The third-order valence-corrected chi connectivity index (χ3v) is 8.50. The molecule has 2 nitrogen and oxygen atoms in total. The lowest BCUT2D eigenvalue weighted by Gasteiger charge is -2.16. The average Bonchev–Trinajstić information content (AvgIpc) is 3.52. The second-order valence-corrected chi connectivity index (χ2v) is 11.0. The SMILES string of the molecule is Cc1ccccc1-c1ccc2c3ccccc3n(-n3c4ccccc4c4ccc(-c5ccccc5C(F)(F)F)cc43)c2c1. The number of hydrogen-bond acceptors (Lipinski definition) is 0. The van der Waals surface area contributed by atoms with E-state index in [1.807, 2.05) is 42.5 Å². The number of alkyl halides is 3. The zero-order valence-corrected chi connectivity index (χ0v) is 23.2. The summed E-state index contributed by atoms with van der Waals surface area (Å²) in [5.74, 6) is 0. The van der Waals surface area contributed by atoms with Gasteiger partial charge in [0.2, 0.25) is 0 Å². The third kappa shape index (κ3) is 3.88. The first-order valence-electron chi connectivity index (χ1n) is 14.2. The summed E-state index contributed by atoms with van der Waals surface area (Å²) in [6, 6.07) is 42.8. The van der Waals surface area contributed by atoms with Gasteiger partial charge in [0.15, 0.2) is 0 Å². The Kier molecular flexibility index (Phi) is 5.54. The van der Waals surface area contributed by atoms with E-state index in [-0.39, 0.29) is 5.56 Å². The Labute approximate surface area is 245 Å². The molecule has 5 heteroatoms. The van der Waals surface area contributed by atoms with Gasteiger partial charge in [0.05, 0.1) is 27.6 Å². The minimum atomic E-state index is -4.46. The van der Waals surface area contributed by atoms with Gasteiger partial charge in [0.25, 0.3) is 0 Å². The van der Waals surface area contributed by atoms with Gasteiger partial charge in [-0.15, -0.1) is 0 Å². The molecule has 0 saturated carbocycles. The van der Waals surface area contributed by atoms with Crippen LogP contribution in [0, 0.1) is 6.92 Å². The highest BCUT2D eigenvalue weighted by Crippen LogP contribution is 2.41. The predicted octanol–water partition coefficient (Wildman–Crippen LogP) is 10.9. The lowest BCUT2D eigenvalue weighted by atomic mass is 9.98. The molecular weight excluding hydrogens is 541 g/mol. The Balaban J connectivity index is 1.50. The van der Waals surface area contributed by atoms with E-state index in [2.05, 4.69) is 76.9 Å². The van der Waals surface area contributed by atoms with Gasteiger partial charge >= 0.3 is 6.18 Å². The Morgan fingerprint density at radius 3 is 1.44 bits per heavy atom. The maximum absolute atomic E-state index is 14.1. The molecule has 0 amide bonds. The molecule has 0 atom stereocenters. The van der Waals surface area contributed by atoms with Gasteiger partial charge in [0, 0.05) is 21.5 Å². The highest BCUT2D eigenvalue weighted by atomic mass is 19.4. The maximum Gasteiger partial charge on any atom is 0.417 e. The molecule has 0 N–H and O–H groups in total. The van der Waals surface area contributed by atoms with Gasteiger partial charge in [-0.3, -0.25) is 0 Å². The Morgan fingerprint density at radius 2 is 0.884 bits per heavy atom. The fourth-order valence-electron chi connectivity index (χ4n) is 6.55. The zero-order valence-electron chi connectivity index (χ0n) is 23.2. The molecule has 0 aliphatic heterocycles. The number of aromatic nitrogens is 2. The van der Waals surface area contributed by atoms with Gasteiger partial charge < -0.3 is 0 Å². The summed E-state index contributed by atoms with van der Waals surface area (Å²) in [4.78, 5) is 0. The number of nitrogens with zero attached hydrogens (tertiary/aromatic N) is 2. The largest absolute Gasteiger partial charge is 0.417 e. The van der Waals surface area contributed by atoms with Crippen molar-refractivity contribution in [1.82, 2.24) is 9.35 Å². The number of para-hydroxylation sites is 2. The van der Waals surface area contributed by atoms with E-state index in [1.54, 1.807) is 18.2 Å². The lowest BCUT2D eigenvalue weighted by molar-refractivity contribution is -0.137. The molecule has 0 saturated heterocycles. The molecule has 0 aliphatic carbocycles. The molecule has 0 unspecified atom stereocenters. The van der Waals surface area contributed by atoms with Crippen LogP contribution in [-0.4, -0.2) is 9.35 Å².